The Morgan fingerprint density at radius 2 is 1.86 bits per heavy atom. The van der Waals surface area contributed by atoms with Crippen molar-refractivity contribution in [1.29, 1.82) is 0 Å². The number of rotatable bonds is 3. The van der Waals surface area contributed by atoms with Crippen LogP contribution in [0.25, 0.3) is 10.9 Å². The van der Waals surface area contributed by atoms with Crippen molar-refractivity contribution < 1.29 is 4.79 Å². The molecule has 0 radical (unpaired) electrons. The number of fused-ring (bicyclic) bond motifs is 1. The lowest BCUT2D eigenvalue weighted by Gasteiger charge is -2.20. The monoisotopic (exact) mass is 284 g/mol. The minimum atomic E-state index is 0.324. The third-order valence-electron chi connectivity index (χ3n) is 4.59. The van der Waals surface area contributed by atoms with Crippen molar-refractivity contribution >= 4 is 16.8 Å². The zero-order valence-corrected chi connectivity index (χ0v) is 12.8. The van der Waals surface area contributed by atoms with Gasteiger partial charge in [0.1, 0.15) is 0 Å². The minimum absolute atomic E-state index is 0.324. The van der Waals surface area contributed by atoms with E-state index in [2.05, 4.69) is 47.0 Å². The summed E-state index contributed by atoms with van der Waals surface area (Å²) in [5, 5.41) is 1.28. The summed E-state index contributed by atoms with van der Waals surface area (Å²) in [5.74, 6) is 0.324. The van der Waals surface area contributed by atoms with Gasteiger partial charge in [-0.05, 0) is 37.0 Å². The quantitative estimate of drug-likeness (QED) is 0.846. The topological polar surface area (TPSA) is 25.2 Å². The molecule has 1 saturated heterocycles. The maximum absolute atomic E-state index is 12.4. The number of benzene rings is 1. The molecule has 0 saturated carbocycles. The van der Waals surface area contributed by atoms with Crippen LogP contribution in [0.4, 0.5) is 0 Å². The van der Waals surface area contributed by atoms with Crippen LogP contribution in [0.3, 0.4) is 0 Å². The van der Waals surface area contributed by atoms with Gasteiger partial charge in [0.05, 0.1) is 0 Å². The summed E-state index contributed by atoms with van der Waals surface area (Å²) in [7, 11) is 2.06. The highest BCUT2D eigenvalue weighted by atomic mass is 16.2. The zero-order valence-electron chi connectivity index (χ0n) is 12.8. The molecule has 1 amide bonds. The molecule has 1 aromatic carbocycles. The molecule has 2 heterocycles. The summed E-state index contributed by atoms with van der Waals surface area (Å²) in [6, 6.07) is 8.53. The molecular weight excluding hydrogens is 260 g/mol. The number of aromatic nitrogens is 1. The van der Waals surface area contributed by atoms with Gasteiger partial charge in [0.15, 0.2) is 0 Å². The standard InChI is InChI=1S/C18H24N2O/c1-19-14-11-16-15(7-6-8-17(16)19)9-10-18(21)20-12-4-2-3-5-13-20/h6-8,11,14H,2-5,9-10,12-13H2,1H3. The molecule has 1 aromatic heterocycles. The van der Waals surface area contributed by atoms with Gasteiger partial charge >= 0.3 is 0 Å². The molecule has 21 heavy (non-hydrogen) atoms. The predicted octanol–water partition coefficient (Wildman–Crippen LogP) is 3.51. The number of amides is 1. The van der Waals surface area contributed by atoms with Crippen molar-refractivity contribution in [2.24, 2.45) is 7.05 Å². The second-order valence-electron chi connectivity index (χ2n) is 6.07. The van der Waals surface area contributed by atoms with Crippen LogP contribution in [-0.2, 0) is 18.3 Å². The van der Waals surface area contributed by atoms with Crippen molar-refractivity contribution in [1.82, 2.24) is 9.47 Å². The Kier molecular flexibility index (Phi) is 4.28. The van der Waals surface area contributed by atoms with Gasteiger partial charge in [-0.25, -0.2) is 0 Å². The highest BCUT2D eigenvalue weighted by molar-refractivity contribution is 5.84. The highest BCUT2D eigenvalue weighted by Gasteiger charge is 2.15. The fraction of sp³-hybridized carbons (Fsp3) is 0.500. The van der Waals surface area contributed by atoms with Gasteiger partial charge in [0.2, 0.25) is 5.91 Å². The molecular formula is C18H24N2O. The second kappa shape index (κ2) is 6.33. The number of hydrogen-bond donors (Lipinski definition) is 0. The summed E-state index contributed by atoms with van der Waals surface area (Å²) in [6.45, 7) is 1.91. The number of likely N-dealkylation sites (tertiary alicyclic amines) is 1. The van der Waals surface area contributed by atoms with Crippen LogP contribution in [0.5, 0.6) is 0 Å². The molecule has 1 aliphatic rings. The molecule has 0 atom stereocenters. The Morgan fingerprint density at radius 3 is 2.62 bits per heavy atom. The maximum Gasteiger partial charge on any atom is 0.222 e. The van der Waals surface area contributed by atoms with Crippen LogP contribution in [0.1, 0.15) is 37.7 Å². The first-order valence-electron chi connectivity index (χ1n) is 8.06. The van der Waals surface area contributed by atoms with Crippen LogP contribution in [0, 0.1) is 0 Å². The molecule has 3 heteroatoms. The van der Waals surface area contributed by atoms with Gasteiger partial charge in [-0.1, -0.05) is 25.0 Å². The largest absolute Gasteiger partial charge is 0.351 e. The van der Waals surface area contributed by atoms with Gasteiger partial charge in [-0.15, -0.1) is 0 Å². The SMILES string of the molecule is Cn1ccc2c(CCC(=O)N3CCCCCC3)cccc21. The lowest BCUT2D eigenvalue weighted by molar-refractivity contribution is -0.131. The number of aryl methyl sites for hydroxylation is 2. The molecule has 0 aliphatic carbocycles. The van der Waals surface area contributed by atoms with E-state index < -0.39 is 0 Å². The van der Waals surface area contributed by atoms with E-state index in [-0.39, 0.29) is 0 Å². The van der Waals surface area contributed by atoms with Gasteiger partial charge < -0.3 is 9.47 Å². The van der Waals surface area contributed by atoms with Gasteiger partial charge in [0.25, 0.3) is 0 Å². The first-order chi connectivity index (χ1) is 10.3. The Balaban J connectivity index is 1.67. The first-order valence-corrected chi connectivity index (χ1v) is 8.06. The van der Waals surface area contributed by atoms with E-state index >= 15 is 0 Å². The Labute approximate surface area is 126 Å². The van der Waals surface area contributed by atoms with Crippen molar-refractivity contribution in [3.63, 3.8) is 0 Å². The number of carbonyl (C=O) groups excluding carboxylic acids is 1. The van der Waals surface area contributed by atoms with E-state index in [1.807, 2.05) is 0 Å². The summed E-state index contributed by atoms with van der Waals surface area (Å²) in [5.41, 5.74) is 2.53. The smallest absolute Gasteiger partial charge is 0.222 e. The summed E-state index contributed by atoms with van der Waals surface area (Å²) >= 11 is 0. The Hall–Kier alpha value is -1.77. The fourth-order valence-electron chi connectivity index (χ4n) is 3.30. The summed E-state index contributed by atoms with van der Waals surface area (Å²) in [4.78, 5) is 14.5. The number of carbonyl (C=O) groups is 1. The van der Waals surface area contributed by atoms with Crippen LogP contribution in [0.15, 0.2) is 30.5 Å². The lowest BCUT2D eigenvalue weighted by atomic mass is 10.0. The molecule has 0 unspecified atom stereocenters. The lowest BCUT2D eigenvalue weighted by Crippen LogP contribution is -2.31. The Bertz CT molecular complexity index is 621. The molecule has 1 aliphatic heterocycles. The van der Waals surface area contributed by atoms with Crippen molar-refractivity contribution in [2.45, 2.75) is 38.5 Å². The summed E-state index contributed by atoms with van der Waals surface area (Å²) in [6.07, 6.45) is 8.44. The molecule has 3 rings (SSSR count). The second-order valence-corrected chi connectivity index (χ2v) is 6.07. The normalized spacial score (nSPS) is 16.1. The molecule has 0 bridgehead atoms. The van der Waals surface area contributed by atoms with Crippen LogP contribution in [-0.4, -0.2) is 28.5 Å². The highest BCUT2D eigenvalue weighted by Crippen LogP contribution is 2.21. The molecule has 2 aromatic rings. The van der Waals surface area contributed by atoms with Crippen LogP contribution >= 0.6 is 0 Å². The van der Waals surface area contributed by atoms with E-state index in [0.717, 1.165) is 19.5 Å². The van der Waals surface area contributed by atoms with Crippen molar-refractivity contribution in [2.75, 3.05) is 13.1 Å². The van der Waals surface area contributed by atoms with Crippen molar-refractivity contribution in [3.8, 4) is 0 Å². The van der Waals surface area contributed by atoms with Gasteiger partial charge in [-0.3, -0.25) is 4.79 Å². The first kappa shape index (κ1) is 14.2. The fourth-order valence-corrected chi connectivity index (χ4v) is 3.30. The minimum Gasteiger partial charge on any atom is -0.351 e. The number of nitrogens with zero attached hydrogens (tertiary/aromatic N) is 2. The van der Waals surface area contributed by atoms with Crippen molar-refractivity contribution in [3.05, 3.63) is 36.0 Å². The van der Waals surface area contributed by atoms with E-state index in [4.69, 9.17) is 0 Å². The van der Waals surface area contributed by atoms with E-state index in [1.165, 1.54) is 42.1 Å². The molecule has 1 fully saturated rings. The maximum atomic E-state index is 12.4. The third-order valence-corrected chi connectivity index (χ3v) is 4.59. The van der Waals surface area contributed by atoms with Crippen LogP contribution < -0.4 is 0 Å². The average molecular weight is 284 g/mol. The number of hydrogen-bond acceptors (Lipinski definition) is 1. The predicted molar refractivity (Wildman–Crippen MR) is 86.3 cm³/mol. The molecule has 3 nitrogen and oxygen atoms in total. The molecule has 112 valence electrons. The van der Waals surface area contributed by atoms with E-state index in [0.29, 0.717) is 12.3 Å². The van der Waals surface area contributed by atoms with Crippen LogP contribution in [0.2, 0.25) is 0 Å². The third kappa shape index (κ3) is 3.12. The zero-order chi connectivity index (χ0) is 14.7. The van der Waals surface area contributed by atoms with E-state index in [9.17, 15) is 4.79 Å². The molecule has 0 spiro atoms. The van der Waals surface area contributed by atoms with E-state index in [1.54, 1.807) is 0 Å². The Morgan fingerprint density at radius 1 is 1.10 bits per heavy atom. The summed E-state index contributed by atoms with van der Waals surface area (Å²) < 4.78 is 2.13. The average Bonchev–Trinajstić information content (AvgIpc) is 2.73. The molecule has 0 N–H and O–H groups in total. The van der Waals surface area contributed by atoms with Gasteiger partial charge in [0, 0.05) is 43.7 Å². The van der Waals surface area contributed by atoms with Gasteiger partial charge in [-0.2, -0.15) is 0 Å².